The molecule has 170 valence electrons. The number of Topliss-reactive ketones (excluding diaryl/α,β-unsaturated/α-hetero) is 1. The number of ether oxygens (including phenoxy) is 2. The number of rotatable bonds is 8. The number of hydrogen-bond donors (Lipinski definition) is 0. The number of carbonyl (C=O) groups excluding carboxylic acids is 2. The van der Waals surface area contributed by atoms with E-state index in [0.717, 1.165) is 35.8 Å². The summed E-state index contributed by atoms with van der Waals surface area (Å²) >= 11 is 0. The second-order valence-corrected chi connectivity index (χ2v) is 8.06. The molecule has 4 rings (SSSR count). The summed E-state index contributed by atoms with van der Waals surface area (Å²) in [5, 5.41) is 0. The maximum Gasteiger partial charge on any atom is 0.359 e. The van der Waals surface area contributed by atoms with Crippen LogP contribution in [0.4, 0.5) is 0 Å². The monoisotopic (exact) mass is 445 g/mol. The molecule has 0 N–H and O–H groups in total. The van der Waals surface area contributed by atoms with Crippen LogP contribution in [0.25, 0.3) is 5.65 Å². The van der Waals surface area contributed by atoms with Gasteiger partial charge in [-0.3, -0.25) is 4.79 Å². The van der Waals surface area contributed by atoms with Crippen LogP contribution in [0.15, 0.2) is 54.7 Å². The van der Waals surface area contributed by atoms with E-state index in [0.29, 0.717) is 11.2 Å². The Balaban J connectivity index is 1.40. The maximum absolute atomic E-state index is 12.8. The lowest BCUT2D eigenvalue weighted by Gasteiger charge is -2.10. The van der Waals surface area contributed by atoms with Gasteiger partial charge in [0.25, 0.3) is 0 Å². The molecule has 0 amide bonds. The first-order valence-electron chi connectivity index (χ1n) is 10.8. The Labute approximate surface area is 192 Å². The Morgan fingerprint density at radius 3 is 2.45 bits per heavy atom. The standard InChI is InChI=1S/C26H27N3O4/c1-17-6-5-7-25-27-23(15-29(17)25)26(31)33-16-24(30)22-14-18(2)28(19(22)3)13-12-20-8-10-21(32-4)11-9-20/h5-11,14-15H,12-13,16H2,1-4H3. The fourth-order valence-electron chi connectivity index (χ4n) is 3.99. The van der Waals surface area contributed by atoms with Crippen LogP contribution in [0.3, 0.4) is 0 Å². The van der Waals surface area contributed by atoms with Crippen LogP contribution in [0.5, 0.6) is 5.75 Å². The highest BCUT2D eigenvalue weighted by molar-refractivity contribution is 6.00. The SMILES string of the molecule is COc1ccc(CCn2c(C)cc(C(=O)COC(=O)c3cn4c(C)cccc4n3)c2C)cc1. The van der Waals surface area contributed by atoms with Crippen LogP contribution >= 0.6 is 0 Å². The molecule has 0 aliphatic heterocycles. The molecule has 33 heavy (non-hydrogen) atoms. The molecule has 0 spiro atoms. The third kappa shape index (κ3) is 4.67. The highest BCUT2D eigenvalue weighted by Crippen LogP contribution is 2.18. The van der Waals surface area contributed by atoms with Crippen molar-refractivity contribution in [3.05, 3.63) is 88.6 Å². The highest BCUT2D eigenvalue weighted by Gasteiger charge is 2.19. The van der Waals surface area contributed by atoms with E-state index >= 15 is 0 Å². The molecule has 0 unspecified atom stereocenters. The van der Waals surface area contributed by atoms with Crippen LogP contribution < -0.4 is 4.74 Å². The lowest BCUT2D eigenvalue weighted by Crippen LogP contribution is -2.15. The summed E-state index contributed by atoms with van der Waals surface area (Å²) in [5.41, 5.74) is 5.42. The van der Waals surface area contributed by atoms with Crippen molar-refractivity contribution in [1.29, 1.82) is 0 Å². The molecule has 0 aliphatic rings. The molecule has 0 radical (unpaired) electrons. The lowest BCUT2D eigenvalue weighted by molar-refractivity contribution is 0.0469. The van der Waals surface area contributed by atoms with Gasteiger partial charge in [-0.05, 0) is 63.1 Å². The Kier molecular flexibility index (Phi) is 6.31. The summed E-state index contributed by atoms with van der Waals surface area (Å²) in [7, 11) is 1.65. The quantitative estimate of drug-likeness (QED) is 0.298. The van der Waals surface area contributed by atoms with Crippen molar-refractivity contribution < 1.29 is 19.1 Å². The van der Waals surface area contributed by atoms with Crippen molar-refractivity contribution in [3.8, 4) is 5.75 Å². The predicted octanol–water partition coefficient (Wildman–Crippen LogP) is 4.35. The Morgan fingerprint density at radius 1 is 1.00 bits per heavy atom. The van der Waals surface area contributed by atoms with E-state index in [1.54, 1.807) is 13.3 Å². The van der Waals surface area contributed by atoms with Crippen LogP contribution in [-0.4, -0.2) is 39.4 Å². The molecular formula is C26H27N3O4. The summed E-state index contributed by atoms with van der Waals surface area (Å²) < 4.78 is 14.4. The molecule has 7 nitrogen and oxygen atoms in total. The molecule has 4 aromatic rings. The predicted molar refractivity (Wildman–Crippen MR) is 125 cm³/mol. The summed E-state index contributed by atoms with van der Waals surface area (Å²) in [6, 6.07) is 15.4. The molecule has 0 fully saturated rings. The average Bonchev–Trinajstić information content (AvgIpc) is 3.38. The van der Waals surface area contributed by atoms with Crippen molar-refractivity contribution in [2.45, 2.75) is 33.7 Å². The Hall–Kier alpha value is -3.87. The number of imidazole rings is 1. The van der Waals surface area contributed by atoms with Gasteiger partial charge in [-0.2, -0.15) is 0 Å². The van der Waals surface area contributed by atoms with Gasteiger partial charge in [0, 0.05) is 35.4 Å². The van der Waals surface area contributed by atoms with E-state index in [9.17, 15) is 9.59 Å². The first kappa shape index (κ1) is 22.3. The number of pyridine rings is 1. The molecule has 1 aromatic carbocycles. The molecule has 3 aromatic heterocycles. The molecule has 0 bridgehead atoms. The first-order valence-corrected chi connectivity index (χ1v) is 10.8. The zero-order chi connectivity index (χ0) is 23.5. The average molecular weight is 446 g/mol. The fraction of sp³-hybridized carbons (Fsp3) is 0.269. The summed E-state index contributed by atoms with van der Waals surface area (Å²) in [6.45, 7) is 6.24. The number of esters is 1. The number of methoxy groups -OCH3 is 1. The maximum atomic E-state index is 12.8. The molecule has 0 aliphatic carbocycles. The number of benzene rings is 1. The molecule has 0 saturated heterocycles. The minimum Gasteiger partial charge on any atom is -0.497 e. The lowest BCUT2D eigenvalue weighted by atomic mass is 10.1. The van der Waals surface area contributed by atoms with Gasteiger partial charge in [0.1, 0.15) is 11.4 Å². The van der Waals surface area contributed by atoms with Crippen LogP contribution in [0.1, 0.15) is 43.5 Å². The number of fused-ring (bicyclic) bond motifs is 1. The Bertz CT molecular complexity index is 1320. The van der Waals surface area contributed by atoms with Crippen LogP contribution in [0, 0.1) is 20.8 Å². The number of hydrogen-bond acceptors (Lipinski definition) is 5. The zero-order valence-electron chi connectivity index (χ0n) is 19.3. The van der Waals surface area contributed by atoms with Gasteiger partial charge < -0.3 is 18.4 Å². The van der Waals surface area contributed by atoms with Gasteiger partial charge in [0.15, 0.2) is 12.3 Å². The second kappa shape index (κ2) is 9.32. The third-order valence-electron chi connectivity index (χ3n) is 5.90. The van der Waals surface area contributed by atoms with Gasteiger partial charge in [-0.15, -0.1) is 0 Å². The zero-order valence-corrected chi connectivity index (χ0v) is 19.3. The van der Waals surface area contributed by atoms with Crippen molar-refractivity contribution in [2.75, 3.05) is 13.7 Å². The Morgan fingerprint density at radius 2 is 1.76 bits per heavy atom. The third-order valence-corrected chi connectivity index (χ3v) is 5.90. The molecule has 7 heteroatoms. The largest absolute Gasteiger partial charge is 0.497 e. The van der Waals surface area contributed by atoms with E-state index in [2.05, 4.69) is 9.55 Å². The highest BCUT2D eigenvalue weighted by atomic mass is 16.5. The molecule has 0 atom stereocenters. The minimum atomic E-state index is -0.611. The minimum absolute atomic E-state index is 0.182. The number of nitrogens with zero attached hydrogens (tertiary/aromatic N) is 3. The van der Waals surface area contributed by atoms with Crippen molar-refractivity contribution >= 4 is 17.4 Å². The van der Waals surface area contributed by atoms with Crippen LogP contribution in [-0.2, 0) is 17.7 Å². The summed E-state index contributed by atoms with van der Waals surface area (Å²) in [5.74, 6) is -0.0138. The van der Waals surface area contributed by atoms with Gasteiger partial charge in [-0.25, -0.2) is 9.78 Å². The smallest absolute Gasteiger partial charge is 0.359 e. The van der Waals surface area contributed by atoms with Crippen LogP contribution in [0.2, 0.25) is 0 Å². The summed E-state index contributed by atoms with van der Waals surface area (Å²) in [4.78, 5) is 29.6. The van der Waals surface area contributed by atoms with E-state index in [1.165, 1.54) is 5.56 Å². The van der Waals surface area contributed by atoms with E-state index in [4.69, 9.17) is 9.47 Å². The second-order valence-electron chi connectivity index (χ2n) is 8.06. The fourth-order valence-corrected chi connectivity index (χ4v) is 3.99. The number of aryl methyl sites for hydroxylation is 3. The molecule has 3 heterocycles. The van der Waals surface area contributed by atoms with E-state index < -0.39 is 5.97 Å². The topological polar surface area (TPSA) is 74.8 Å². The van der Waals surface area contributed by atoms with Gasteiger partial charge in [0.2, 0.25) is 5.78 Å². The van der Waals surface area contributed by atoms with Gasteiger partial charge in [-0.1, -0.05) is 18.2 Å². The van der Waals surface area contributed by atoms with E-state index in [-0.39, 0.29) is 18.1 Å². The van der Waals surface area contributed by atoms with Crippen molar-refractivity contribution in [2.24, 2.45) is 0 Å². The summed E-state index contributed by atoms with van der Waals surface area (Å²) in [6.07, 6.45) is 2.46. The number of aromatic nitrogens is 3. The first-order chi connectivity index (χ1) is 15.9. The number of ketones is 1. The van der Waals surface area contributed by atoms with Gasteiger partial charge in [0.05, 0.1) is 7.11 Å². The van der Waals surface area contributed by atoms with Crippen molar-refractivity contribution in [1.82, 2.24) is 14.0 Å². The normalized spacial score (nSPS) is 11.0. The van der Waals surface area contributed by atoms with Gasteiger partial charge >= 0.3 is 5.97 Å². The molecule has 0 saturated carbocycles. The van der Waals surface area contributed by atoms with E-state index in [1.807, 2.05) is 73.7 Å². The van der Waals surface area contributed by atoms with Crippen molar-refractivity contribution in [3.63, 3.8) is 0 Å². The molecular weight excluding hydrogens is 418 g/mol. The number of carbonyl (C=O) groups is 2.